The lowest BCUT2D eigenvalue weighted by molar-refractivity contribution is -0.114. The van der Waals surface area contributed by atoms with Crippen molar-refractivity contribution in [3.8, 4) is 0 Å². The molecule has 1 aliphatic rings. The highest BCUT2D eigenvalue weighted by atomic mass is 16.5. The van der Waals surface area contributed by atoms with E-state index in [1.54, 1.807) is 6.92 Å². The van der Waals surface area contributed by atoms with Crippen molar-refractivity contribution in [3.63, 3.8) is 0 Å². The van der Waals surface area contributed by atoms with Gasteiger partial charge in [0.05, 0.1) is 23.5 Å². The first kappa shape index (κ1) is 15.0. The van der Waals surface area contributed by atoms with Crippen LogP contribution in [0.2, 0.25) is 0 Å². The average molecular weight is 307 g/mol. The SMILES string of the molecule is CC1=NN(c2ccccc2)C(=O)C1=CN(O)Cc1ccccc1. The molecule has 0 unspecified atom stereocenters. The summed E-state index contributed by atoms with van der Waals surface area (Å²) in [7, 11) is 0. The fourth-order valence-electron chi connectivity index (χ4n) is 2.38. The van der Waals surface area contributed by atoms with Gasteiger partial charge in [0, 0.05) is 6.20 Å². The molecule has 1 N–H and O–H groups in total. The van der Waals surface area contributed by atoms with Gasteiger partial charge in [0.2, 0.25) is 0 Å². The summed E-state index contributed by atoms with van der Waals surface area (Å²) < 4.78 is 0. The van der Waals surface area contributed by atoms with E-state index in [0.29, 0.717) is 23.5 Å². The van der Waals surface area contributed by atoms with Crippen molar-refractivity contribution in [2.75, 3.05) is 5.01 Å². The van der Waals surface area contributed by atoms with Crippen LogP contribution in [0.25, 0.3) is 0 Å². The standard InChI is InChI=1S/C18H17N3O2/c1-14-17(13-20(23)12-15-8-4-2-5-9-15)18(22)21(19-14)16-10-6-3-7-11-16/h2-11,13,23H,12H2,1H3. The molecule has 116 valence electrons. The second-order valence-electron chi connectivity index (χ2n) is 5.26. The first-order valence-corrected chi connectivity index (χ1v) is 7.31. The Bertz CT molecular complexity index is 754. The van der Waals surface area contributed by atoms with Crippen molar-refractivity contribution in [1.82, 2.24) is 5.06 Å². The number of nitrogens with zero attached hydrogens (tertiary/aromatic N) is 3. The number of hydrazone groups is 1. The predicted octanol–water partition coefficient (Wildman–Crippen LogP) is 3.18. The lowest BCUT2D eigenvalue weighted by atomic mass is 10.2. The number of hydrogen-bond acceptors (Lipinski definition) is 4. The van der Waals surface area contributed by atoms with Crippen LogP contribution in [0.5, 0.6) is 0 Å². The largest absolute Gasteiger partial charge is 0.289 e. The van der Waals surface area contributed by atoms with Crippen LogP contribution in [0, 0.1) is 0 Å². The quantitative estimate of drug-likeness (QED) is 0.697. The monoisotopic (exact) mass is 307 g/mol. The highest BCUT2D eigenvalue weighted by Gasteiger charge is 2.29. The summed E-state index contributed by atoms with van der Waals surface area (Å²) in [5, 5.41) is 16.7. The van der Waals surface area contributed by atoms with Gasteiger partial charge >= 0.3 is 0 Å². The predicted molar refractivity (Wildman–Crippen MR) is 88.9 cm³/mol. The highest BCUT2D eigenvalue weighted by molar-refractivity contribution is 6.29. The van der Waals surface area contributed by atoms with E-state index < -0.39 is 0 Å². The summed E-state index contributed by atoms with van der Waals surface area (Å²) in [6.45, 7) is 2.05. The fraction of sp³-hybridized carbons (Fsp3) is 0.111. The Morgan fingerprint density at radius 1 is 1.09 bits per heavy atom. The molecule has 0 saturated heterocycles. The van der Waals surface area contributed by atoms with E-state index in [-0.39, 0.29) is 5.91 Å². The number of amides is 1. The van der Waals surface area contributed by atoms with E-state index in [1.165, 1.54) is 11.2 Å². The molecule has 2 aromatic rings. The van der Waals surface area contributed by atoms with Gasteiger partial charge in [-0.1, -0.05) is 48.5 Å². The van der Waals surface area contributed by atoms with E-state index in [2.05, 4.69) is 5.10 Å². The summed E-state index contributed by atoms with van der Waals surface area (Å²) in [5.41, 5.74) is 2.61. The van der Waals surface area contributed by atoms with Crippen molar-refractivity contribution >= 4 is 17.3 Å². The molecule has 5 heteroatoms. The molecule has 0 fully saturated rings. The lowest BCUT2D eigenvalue weighted by Crippen LogP contribution is -2.23. The lowest BCUT2D eigenvalue weighted by Gasteiger charge is -2.14. The number of para-hydroxylation sites is 1. The molecular weight excluding hydrogens is 290 g/mol. The average Bonchev–Trinajstić information content (AvgIpc) is 2.85. The summed E-state index contributed by atoms with van der Waals surface area (Å²) in [6, 6.07) is 18.8. The van der Waals surface area contributed by atoms with Gasteiger partial charge in [0.15, 0.2) is 0 Å². The molecule has 1 amide bonds. The normalized spacial score (nSPS) is 15.9. The molecule has 0 aromatic heterocycles. The third-order valence-electron chi connectivity index (χ3n) is 3.53. The molecule has 0 aliphatic carbocycles. The Labute approximate surface area is 134 Å². The van der Waals surface area contributed by atoms with Crippen molar-refractivity contribution < 1.29 is 10.0 Å². The zero-order valence-electron chi connectivity index (χ0n) is 12.8. The van der Waals surface area contributed by atoms with Crippen LogP contribution in [0.3, 0.4) is 0 Å². The number of carbonyl (C=O) groups excluding carboxylic acids is 1. The summed E-state index contributed by atoms with van der Waals surface area (Å²) in [6.07, 6.45) is 1.43. The van der Waals surface area contributed by atoms with E-state index in [1.807, 2.05) is 60.7 Å². The number of rotatable bonds is 4. The summed E-state index contributed by atoms with van der Waals surface area (Å²) in [5.74, 6) is -0.249. The molecule has 0 radical (unpaired) electrons. The molecule has 3 rings (SSSR count). The van der Waals surface area contributed by atoms with Gasteiger partial charge in [-0.3, -0.25) is 15.1 Å². The van der Waals surface area contributed by atoms with Gasteiger partial charge in [-0.15, -0.1) is 0 Å². The molecule has 0 spiro atoms. The maximum Gasteiger partial charge on any atom is 0.282 e. The van der Waals surface area contributed by atoms with Crippen LogP contribution < -0.4 is 5.01 Å². The molecule has 1 heterocycles. The fourth-order valence-corrected chi connectivity index (χ4v) is 2.38. The number of carbonyl (C=O) groups is 1. The van der Waals surface area contributed by atoms with Gasteiger partial charge in [0.1, 0.15) is 0 Å². The second kappa shape index (κ2) is 6.46. The van der Waals surface area contributed by atoms with E-state index >= 15 is 0 Å². The van der Waals surface area contributed by atoms with Crippen LogP contribution in [0.1, 0.15) is 12.5 Å². The Morgan fingerprint density at radius 2 is 1.70 bits per heavy atom. The minimum Gasteiger partial charge on any atom is -0.289 e. The van der Waals surface area contributed by atoms with Gasteiger partial charge in [-0.25, -0.2) is 0 Å². The summed E-state index contributed by atoms with van der Waals surface area (Å²) in [4.78, 5) is 12.5. The van der Waals surface area contributed by atoms with Crippen molar-refractivity contribution in [1.29, 1.82) is 0 Å². The zero-order valence-corrected chi connectivity index (χ0v) is 12.8. The van der Waals surface area contributed by atoms with E-state index in [4.69, 9.17) is 0 Å². The Hall–Kier alpha value is -2.92. The maximum atomic E-state index is 12.5. The Kier molecular flexibility index (Phi) is 4.21. The molecule has 1 aliphatic heterocycles. The zero-order chi connectivity index (χ0) is 16.2. The second-order valence-corrected chi connectivity index (χ2v) is 5.26. The Morgan fingerprint density at radius 3 is 2.35 bits per heavy atom. The minimum absolute atomic E-state index is 0.249. The minimum atomic E-state index is -0.249. The maximum absolute atomic E-state index is 12.5. The molecular formula is C18H17N3O2. The van der Waals surface area contributed by atoms with Crippen LogP contribution in [-0.4, -0.2) is 21.9 Å². The van der Waals surface area contributed by atoms with Crippen LogP contribution in [-0.2, 0) is 11.3 Å². The van der Waals surface area contributed by atoms with Gasteiger partial charge in [-0.05, 0) is 24.6 Å². The molecule has 2 aromatic carbocycles. The third-order valence-corrected chi connectivity index (χ3v) is 3.53. The van der Waals surface area contributed by atoms with Crippen molar-refractivity contribution in [2.45, 2.75) is 13.5 Å². The third kappa shape index (κ3) is 3.30. The number of hydrogen-bond donors (Lipinski definition) is 1. The highest BCUT2D eigenvalue weighted by Crippen LogP contribution is 2.23. The van der Waals surface area contributed by atoms with E-state index in [9.17, 15) is 10.0 Å². The smallest absolute Gasteiger partial charge is 0.282 e. The first-order valence-electron chi connectivity index (χ1n) is 7.31. The van der Waals surface area contributed by atoms with Gasteiger partial charge in [0.25, 0.3) is 5.91 Å². The molecule has 0 saturated carbocycles. The molecule has 23 heavy (non-hydrogen) atoms. The van der Waals surface area contributed by atoms with E-state index in [0.717, 1.165) is 10.6 Å². The molecule has 0 bridgehead atoms. The van der Waals surface area contributed by atoms with Crippen molar-refractivity contribution in [3.05, 3.63) is 78.0 Å². The number of anilines is 1. The van der Waals surface area contributed by atoms with Crippen molar-refractivity contribution in [2.24, 2.45) is 5.10 Å². The van der Waals surface area contributed by atoms with Crippen LogP contribution in [0.15, 0.2) is 77.5 Å². The molecule has 5 nitrogen and oxygen atoms in total. The number of hydroxylamine groups is 2. The van der Waals surface area contributed by atoms with Gasteiger partial charge < -0.3 is 0 Å². The topological polar surface area (TPSA) is 56.1 Å². The van der Waals surface area contributed by atoms with Crippen LogP contribution >= 0.6 is 0 Å². The van der Waals surface area contributed by atoms with Crippen LogP contribution in [0.4, 0.5) is 5.69 Å². The molecule has 0 atom stereocenters. The summed E-state index contributed by atoms with van der Waals surface area (Å²) >= 11 is 0. The first-order chi connectivity index (χ1) is 11.1. The Balaban J connectivity index is 1.78. The number of benzene rings is 2. The van der Waals surface area contributed by atoms with Gasteiger partial charge in [-0.2, -0.15) is 10.1 Å².